The number of amides is 1. The van der Waals surface area contributed by atoms with Crippen LogP contribution in [-0.4, -0.2) is 36.5 Å². The number of esters is 1. The number of carbonyl (C=O) groups is 2. The van der Waals surface area contributed by atoms with Gasteiger partial charge in [-0.25, -0.2) is 4.39 Å². The number of benzene rings is 1. The van der Waals surface area contributed by atoms with Crippen LogP contribution in [0.3, 0.4) is 0 Å². The molecule has 114 valence electrons. The second-order valence-corrected chi connectivity index (χ2v) is 5.64. The van der Waals surface area contributed by atoms with Crippen LogP contribution < -0.4 is 0 Å². The number of halogens is 1. The van der Waals surface area contributed by atoms with Gasteiger partial charge in [-0.2, -0.15) is 0 Å². The fourth-order valence-electron chi connectivity index (χ4n) is 2.48. The molecule has 0 saturated heterocycles. The lowest BCUT2D eigenvalue weighted by atomic mass is 10.1. The fourth-order valence-corrected chi connectivity index (χ4v) is 2.48. The number of rotatable bonds is 5. The van der Waals surface area contributed by atoms with Gasteiger partial charge in [-0.05, 0) is 43.9 Å². The van der Waals surface area contributed by atoms with Gasteiger partial charge in [0.15, 0.2) is 0 Å². The second-order valence-electron chi connectivity index (χ2n) is 5.64. The van der Waals surface area contributed by atoms with Gasteiger partial charge in [0.1, 0.15) is 12.4 Å². The van der Waals surface area contributed by atoms with E-state index in [1.165, 1.54) is 19.2 Å². The van der Waals surface area contributed by atoms with Gasteiger partial charge in [-0.3, -0.25) is 9.59 Å². The summed E-state index contributed by atoms with van der Waals surface area (Å²) >= 11 is 0. The molecule has 1 aliphatic rings. The smallest absolute Gasteiger partial charge is 0.325 e. The highest BCUT2D eigenvalue weighted by Gasteiger charge is 2.46. The number of ether oxygens (including phenoxy) is 1. The highest BCUT2D eigenvalue weighted by atomic mass is 19.1. The van der Waals surface area contributed by atoms with Crippen molar-refractivity contribution in [3.8, 4) is 0 Å². The van der Waals surface area contributed by atoms with Gasteiger partial charge in [0.25, 0.3) is 0 Å². The van der Waals surface area contributed by atoms with Crippen molar-refractivity contribution in [1.82, 2.24) is 4.90 Å². The zero-order chi connectivity index (χ0) is 15.6. The molecule has 4 nitrogen and oxygen atoms in total. The van der Waals surface area contributed by atoms with E-state index in [1.54, 1.807) is 17.0 Å². The van der Waals surface area contributed by atoms with Gasteiger partial charge < -0.3 is 9.64 Å². The minimum Gasteiger partial charge on any atom is -0.468 e. The number of carbonyl (C=O) groups excluding carboxylic acids is 2. The van der Waals surface area contributed by atoms with Gasteiger partial charge in [0.2, 0.25) is 5.91 Å². The Morgan fingerprint density at radius 2 is 1.95 bits per heavy atom. The lowest BCUT2D eigenvalue weighted by molar-refractivity contribution is -0.148. The third-order valence-electron chi connectivity index (χ3n) is 3.84. The molecule has 0 bridgehead atoms. The molecule has 1 amide bonds. The number of methoxy groups -OCH3 is 1. The standard InChI is InChI=1S/C16H20FNO3/c1-10(2)18(9-15(19)21-3)16(20)14-8-13(14)11-4-6-12(17)7-5-11/h4-7,10,13-14H,8-9H2,1-3H3. The highest BCUT2D eigenvalue weighted by molar-refractivity contribution is 5.86. The Hall–Kier alpha value is -1.91. The molecule has 1 aliphatic carbocycles. The first-order chi connectivity index (χ1) is 9.93. The third-order valence-corrected chi connectivity index (χ3v) is 3.84. The number of hydrogen-bond donors (Lipinski definition) is 0. The van der Waals surface area contributed by atoms with E-state index in [-0.39, 0.29) is 36.1 Å². The van der Waals surface area contributed by atoms with Crippen LogP contribution >= 0.6 is 0 Å². The van der Waals surface area contributed by atoms with E-state index in [1.807, 2.05) is 13.8 Å². The van der Waals surface area contributed by atoms with Gasteiger partial charge in [-0.1, -0.05) is 12.1 Å². The van der Waals surface area contributed by atoms with Crippen LogP contribution in [-0.2, 0) is 14.3 Å². The van der Waals surface area contributed by atoms with Gasteiger partial charge in [-0.15, -0.1) is 0 Å². The first-order valence-electron chi connectivity index (χ1n) is 7.06. The molecule has 0 aliphatic heterocycles. The summed E-state index contributed by atoms with van der Waals surface area (Å²) in [4.78, 5) is 25.4. The molecule has 5 heteroatoms. The van der Waals surface area contributed by atoms with E-state index in [0.717, 1.165) is 12.0 Å². The Balaban J connectivity index is 2.03. The zero-order valence-electron chi connectivity index (χ0n) is 12.5. The summed E-state index contributed by atoms with van der Waals surface area (Å²) in [6.45, 7) is 3.71. The quantitative estimate of drug-likeness (QED) is 0.783. The molecular formula is C16H20FNO3. The number of nitrogens with zero attached hydrogens (tertiary/aromatic N) is 1. The van der Waals surface area contributed by atoms with Crippen molar-refractivity contribution in [3.05, 3.63) is 35.6 Å². The summed E-state index contributed by atoms with van der Waals surface area (Å²) in [6, 6.07) is 6.18. The van der Waals surface area contributed by atoms with Crippen molar-refractivity contribution >= 4 is 11.9 Å². The van der Waals surface area contributed by atoms with Crippen molar-refractivity contribution in [1.29, 1.82) is 0 Å². The highest BCUT2D eigenvalue weighted by Crippen LogP contribution is 2.48. The lowest BCUT2D eigenvalue weighted by Gasteiger charge is -2.25. The Labute approximate surface area is 123 Å². The molecule has 2 unspecified atom stereocenters. The van der Waals surface area contributed by atoms with Crippen LogP contribution in [0.1, 0.15) is 31.7 Å². The molecule has 1 aromatic rings. The topological polar surface area (TPSA) is 46.6 Å². The van der Waals surface area contributed by atoms with Crippen LogP contribution in [0.2, 0.25) is 0 Å². The largest absolute Gasteiger partial charge is 0.468 e. The summed E-state index contributed by atoms with van der Waals surface area (Å²) in [5.74, 6) is -0.739. The monoisotopic (exact) mass is 293 g/mol. The third kappa shape index (κ3) is 3.60. The van der Waals surface area contributed by atoms with Crippen LogP contribution in [0.4, 0.5) is 4.39 Å². The van der Waals surface area contributed by atoms with E-state index in [4.69, 9.17) is 0 Å². The van der Waals surface area contributed by atoms with E-state index in [2.05, 4.69) is 4.74 Å². The van der Waals surface area contributed by atoms with Gasteiger partial charge in [0, 0.05) is 12.0 Å². The summed E-state index contributed by atoms with van der Waals surface area (Å²) in [5, 5.41) is 0. The molecule has 1 saturated carbocycles. The molecule has 21 heavy (non-hydrogen) atoms. The summed E-state index contributed by atoms with van der Waals surface area (Å²) in [5.41, 5.74) is 0.969. The summed E-state index contributed by atoms with van der Waals surface area (Å²) in [7, 11) is 1.31. The van der Waals surface area contributed by atoms with Crippen LogP contribution in [0.15, 0.2) is 24.3 Å². The average molecular weight is 293 g/mol. The Morgan fingerprint density at radius 3 is 2.48 bits per heavy atom. The van der Waals surface area contributed by atoms with Crippen molar-refractivity contribution in [2.45, 2.75) is 32.2 Å². The molecule has 0 radical (unpaired) electrons. The van der Waals surface area contributed by atoms with E-state index in [9.17, 15) is 14.0 Å². The molecule has 1 aromatic carbocycles. The predicted octanol–water partition coefficient (Wildman–Crippen LogP) is 2.34. The van der Waals surface area contributed by atoms with Gasteiger partial charge in [0.05, 0.1) is 7.11 Å². The lowest BCUT2D eigenvalue weighted by Crippen LogP contribution is -2.42. The summed E-state index contributed by atoms with van der Waals surface area (Å²) < 4.78 is 17.5. The second kappa shape index (κ2) is 6.24. The Morgan fingerprint density at radius 1 is 1.33 bits per heavy atom. The minimum absolute atomic E-state index is 0.0281. The summed E-state index contributed by atoms with van der Waals surface area (Å²) in [6.07, 6.45) is 0.745. The first kappa shape index (κ1) is 15.5. The normalized spacial score (nSPS) is 20.2. The SMILES string of the molecule is COC(=O)CN(C(=O)C1CC1c1ccc(F)cc1)C(C)C. The minimum atomic E-state index is -0.420. The molecule has 0 spiro atoms. The Kier molecular flexibility index (Phi) is 4.60. The molecule has 2 atom stereocenters. The molecule has 0 aromatic heterocycles. The van der Waals surface area contributed by atoms with E-state index >= 15 is 0 Å². The van der Waals surface area contributed by atoms with Crippen molar-refractivity contribution < 1.29 is 18.7 Å². The molecule has 2 rings (SSSR count). The van der Waals surface area contributed by atoms with Crippen molar-refractivity contribution in [2.24, 2.45) is 5.92 Å². The molecule has 1 fully saturated rings. The van der Waals surface area contributed by atoms with Crippen molar-refractivity contribution in [3.63, 3.8) is 0 Å². The van der Waals surface area contributed by atoms with E-state index in [0.29, 0.717) is 0 Å². The fraction of sp³-hybridized carbons (Fsp3) is 0.500. The van der Waals surface area contributed by atoms with Crippen molar-refractivity contribution in [2.75, 3.05) is 13.7 Å². The van der Waals surface area contributed by atoms with Crippen LogP contribution in [0, 0.1) is 11.7 Å². The average Bonchev–Trinajstić information content (AvgIpc) is 3.24. The zero-order valence-corrected chi connectivity index (χ0v) is 12.5. The molecule has 0 heterocycles. The maximum absolute atomic E-state index is 12.9. The predicted molar refractivity (Wildman–Crippen MR) is 76.1 cm³/mol. The van der Waals surface area contributed by atoms with Gasteiger partial charge >= 0.3 is 5.97 Å². The first-order valence-corrected chi connectivity index (χ1v) is 7.06. The molecular weight excluding hydrogens is 273 g/mol. The van der Waals surface area contributed by atoms with E-state index < -0.39 is 5.97 Å². The number of hydrogen-bond acceptors (Lipinski definition) is 3. The Bertz CT molecular complexity index is 527. The van der Waals surface area contributed by atoms with Crippen LogP contribution in [0.5, 0.6) is 0 Å². The maximum Gasteiger partial charge on any atom is 0.325 e. The maximum atomic E-state index is 12.9. The molecule has 0 N–H and O–H groups in total. The van der Waals surface area contributed by atoms with Crippen LogP contribution in [0.25, 0.3) is 0 Å².